The highest BCUT2D eigenvalue weighted by atomic mass is 15.1. The maximum atomic E-state index is 4.40. The molecule has 0 radical (unpaired) electrons. The maximum Gasteiger partial charge on any atom is 0.122 e. The Hall–Kier alpha value is -0.830. The zero-order valence-corrected chi connectivity index (χ0v) is 12.0. The van der Waals surface area contributed by atoms with Crippen LogP contribution in [-0.4, -0.2) is 15.6 Å². The van der Waals surface area contributed by atoms with E-state index >= 15 is 0 Å². The topological polar surface area (TPSA) is 29.9 Å². The molecule has 0 aromatic carbocycles. The van der Waals surface area contributed by atoms with E-state index in [1.807, 2.05) is 12.4 Å². The van der Waals surface area contributed by atoms with Crippen molar-refractivity contribution in [2.24, 2.45) is 23.8 Å². The van der Waals surface area contributed by atoms with Crippen LogP contribution in [0.5, 0.6) is 0 Å². The largest absolute Gasteiger partial charge is 0.337 e. The van der Waals surface area contributed by atoms with E-state index in [1.165, 1.54) is 19.3 Å². The van der Waals surface area contributed by atoms with Crippen molar-refractivity contribution in [1.29, 1.82) is 0 Å². The monoisotopic (exact) mass is 247 g/mol. The third kappa shape index (κ3) is 1.49. The van der Waals surface area contributed by atoms with Crippen molar-refractivity contribution in [1.82, 2.24) is 14.9 Å². The number of nitrogens with zero attached hydrogens (tertiary/aromatic N) is 2. The Balaban J connectivity index is 1.71. The first-order valence-electron chi connectivity index (χ1n) is 7.15. The van der Waals surface area contributed by atoms with Gasteiger partial charge in [-0.2, -0.15) is 0 Å². The molecule has 1 N–H and O–H groups in total. The third-order valence-corrected chi connectivity index (χ3v) is 6.22. The second-order valence-corrected chi connectivity index (χ2v) is 7.00. The predicted octanol–water partition coefficient (Wildman–Crippen LogP) is 2.72. The quantitative estimate of drug-likeness (QED) is 0.890. The molecule has 0 spiro atoms. The van der Waals surface area contributed by atoms with Gasteiger partial charge in [0.2, 0.25) is 0 Å². The molecule has 0 saturated heterocycles. The molecule has 100 valence electrons. The average Bonchev–Trinajstić information content (AvgIpc) is 2.87. The van der Waals surface area contributed by atoms with Gasteiger partial charge in [0.15, 0.2) is 0 Å². The summed E-state index contributed by atoms with van der Waals surface area (Å²) in [5.74, 6) is 2.04. The Kier molecular flexibility index (Phi) is 2.60. The second kappa shape index (κ2) is 3.83. The van der Waals surface area contributed by atoms with Crippen LogP contribution in [0.25, 0.3) is 0 Å². The summed E-state index contributed by atoms with van der Waals surface area (Å²) < 4.78 is 2.10. The van der Waals surface area contributed by atoms with Crippen LogP contribution in [-0.2, 0) is 13.6 Å². The summed E-state index contributed by atoms with van der Waals surface area (Å²) in [4.78, 5) is 4.40. The van der Waals surface area contributed by atoms with E-state index in [2.05, 4.69) is 42.7 Å². The molecule has 3 unspecified atom stereocenters. The first-order valence-corrected chi connectivity index (χ1v) is 7.15. The fourth-order valence-corrected chi connectivity index (χ4v) is 4.29. The van der Waals surface area contributed by atoms with Crippen molar-refractivity contribution in [3.05, 3.63) is 18.2 Å². The molecule has 2 aliphatic rings. The van der Waals surface area contributed by atoms with Gasteiger partial charge in [0.1, 0.15) is 5.82 Å². The van der Waals surface area contributed by atoms with Crippen molar-refractivity contribution in [2.45, 2.75) is 52.6 Å². The third-order valence-electron chi connectivity index (χ3n) is 6.22. The van der Waals surface area contributed by atoms with E-state index in [-0.39, 0.29) is 0 Å². The van der Waals surface area contributed by atoms with E-state index < -0.39 is 0 Å². The normalized spacial score (nSPS) is 37.3. The number of imidazole rings is 1. The van der Waals surface area contributed by atoms with E-state index in [0.717, 1.165) is 18.3 Å². The first kappa shape index (κ1) is 12.2. The number of rotatable bonds is 3. The Morgan fingerprint density at radius 2 is 2.22 bits per heavy atom. The number of aromatic nitrogens is 2. The second-order valence-electron chi connectivity index (χ2n) is 7.00. The first-order chi connectivity index (χ1) is 8.45. The zero-order chi connectivity index (χ0) is 13.0. The highest BCUT2D eigenvalue weighted by Gasteiger charge is 2.60. The lowest BCUT2D eigenvalue weighted by Gasteiger charge is -2.39. The van der Waals surface area contributed by atoms with E-state index in [9.17, 15) is 0 Å². The SMILES string of the molecule is Cn1ccnc1CNC1CC2CCC1(C)C2(C)C. The van der Waals surface area contributed by atoms with Gasteiger partial charge in [-0.05, 0) is 36.0 Å². The van der Waals surface area contributed by atoms with Crippen LogP contribution in [0, 0.1) is 16.7 Å². The van der Waals surface area contributed by atoms with Crippen molar-refractivity contribution < 1.29 is 0 Å². The minimum atomic E-state index is 0.461. The summed E-state index contributed by atoms with van der Waals surface area (Å²) >= 11 is 0. The lowest BCUT2D eigenvalue weighted by molar-refractivity contribution is 0.120. The van der Waals surface area contributed by atoms with Crippen LogP contribution in [0.3, 0.4) is 0 Å². The van der Waals surface area contributed by atoms with Crippen LogP contribution < -0.4 is 5.32 Å². The maximum absolute atomic E-state index is 4.40. The Morgan fingerprint density at radius 1 is 1.44 bits per heavy atom. The van der Waals surface area contributed by atoms with Crippen LogP contribution in [0.15, 0.2) is 12.4 Å². The number of hydrogen-bond donors (Lipinski definition) is 1. The summed E-state index contributed by atoms with van der Waals surface area (Å²) in [5, 5.41) is 3.77. The Morgan fingerprint density at radius 3 is 2.72 bits per heavy atom. The molecule has 3 rings (SSSR count). The van der Waals surface area contributed by atoms with Gasteiger partial charge in [-0.15, -0.1) is 0 Å². The van der Waals surface area contributed by atoms with Gasteiger partial charge in [-0.25, -0.2) is 4.98 Å². The number of fused-ring (bicyclic) bond motifs is 2. The van der Waals surface area contributed by atoms with E-state index in [0.29, 0.717) is 16.9 Å². The molecule has 0 amide bonds. The fraction of sp³-hybridized carbons (Fsp3) is 0.800. The van der Waals surface area contributed by atoms with E-state index in [4.69, 9.17) is 0 Å². The van der Waals surface area contributed by atoms with Gasteiger partial charge >= 0.3 is 0 Å². The summed E-state index contributed by atoms with van der Waals surface area (Å²) in [6.45, 7) is 8.31. The highest BCUT2D eigenvalue weighted by Crippen LogP contribution is 2.65. The summed E-state index contributed by atoms with van der Waals surface area (Å²) in [5.41, 5.74) is 0.954. The minimum Gasteiger partial charge on any atom is -0.337 e. The van der Waals surface area contributed by atoms with Crippen LogP contribution in [0.4, 0.5) is 0 Å². The van der Waals surface area contributed by atoms with Crippen LogP contribution in [0.1, 0.15) is 45.9 Å². The molecule has 0 aliphatic heterocycles. The Labute approximate surface area is 110 Å². The molecule has 2 fully saturated rings. The van der Waals surface area contributed by atoms with Crippen molar-refractivity contribution in [3.63, 3.8) is 0 Å². The summed E-state index contributed by atoms with van der Waals surface area (Å²) in [7, 11) is 2.07. The highest BCUT2D eigenvalue weighted by molar-refractivity contribution is 5.13. The van der Waals surface area contributed by atoms with Crippen molar-refractivity contribution in [2.75, 3.05) is 0 Å². The van der Waals surface area contributed by atoms with Crippen LogP contribution in [0.2, 0.25) is 0 Å². The van der Waals surface area contributed by atoms with Gasteiger partial charge in [-0.1, -0.05) is 20.8 Å². The van der Waals surface area contributed by atoms with Gasteiger partial charge in [0, 0.05) is 25.5 Å². The molecule has 3 heteroatoms. The lowest BCUT2D eigenvalue weighted by atomic mass is 9.69. The smallest absolute Gasteiger partial charge is 0.122 e. The molecular formula is C15H25N3. The molecule has 2 saturated carbocycles. The molecule has 2 aliphatic carbocycles. The molecule has 1 aromatic rings. The predicted molar refractivity (Wildman–Crippen MR) is 73.1 cm³/mol. The van der Waals surface area contributed by atoms with Gasteiger partial charge in [-0.3, -0.25) is 0 Å². The molecule has 3 nitrogen and oxygen atoms in total. The Bertz CT molecular complexity index is 448. The van der Waals surface area contributed by atoms with Crippen molar-refractivity contribution in [3.8, 4) is 0 Å². The standard InChI is InChI=1S/C15H25N3/c1-14(2)11-5-6-15(14,3)12(9-11)17-10-13-16-7-8-18(13)4/h7-8,11-12,17H,5-6,9-10H2,1-4H3. The van der Waals surface area contributed by atoms with E-state index in [1.54, 1.807) is 0 Å². The summed E-state index contributed by atoms with van der Waals surface area (Å²) in [6.07, 6.45) is 8.04. The van der Waals surface area contributed by atoms with Crippen molar-refractivity contribution >= 4 is 0 Å². The van der Waals surface area contributed by atoms with Crippen LogP contribution >= 0.6 is 0 Å². The lowest BCUT2D eigenvalue weighted by Crippen LogP contribution is -2.44. The molecule has 1 heterocycles. The molecule has 3 atom stereocenters. The fourth-order valence-electron chi connectivity index (χ4n) is 4.29. The van der Waals surface area contributed by atoms with Gasteiger partial charge in [0.05, 0.1) is 6.54 Å². The average molecular weight is 247 g/mol. The number of aryl methyl sites for hydroxylation is 1. The minimum absolute atomic E-state index is 0.461. The number of nitrogens with one attached hydrogen (secondary N) is 1. The summed E-state index contributed by atoms with van der Waals surface area (Å²) in [6, 6.07) is 0.656. The molecule has 2 bridgehead atoms. The van der Waals surface area contributed by atoms with Gasteiger partial charge in [0.25, 0.3) is 0 Å². The molecule has 18 heavy (non-hydrogen) atoms. The molecule has 1 aromatic heterocycles. The number of hydrogen-bond acceptors (Lipinski definition) is 2. The van der Waals surface area contributed by atoms with Gasteiger partial charge < -0.3 is 9.88 Å². The molecular weight excluding hydrogens is 222 g/mol. The zero-order valence-electron chi connectivity index (χ0n) is 12.0.